The standard InChI is InChI=1S/C32H25N3O4/c1-16(2)37-18-8-11-20-17(13-18)7-10-21-27(20)29-23(15-33-31(29)36)28-22-14-19(9-12-24(22)34-30(21)28)38-32-35-25-5-3-4-6-26(25)39-32/h3-6,8-9,11-14,16,34H,7,10,15H2,1-2H3,(H,33,36). The van der Waals surface area contributed by atoms with Gasteiger partial charge in [0.25, 0.3) is 5.91 Å². The minimum atomic E-state index is -0.0215. The maximum absolute atomic E-state index is 13.3. The normalized spacial score (nSPS) is 14.1. The van der Waals surface area contributed by atoms with Crippen molar-refractivity contribution in [3.05, 3.63) is 82.9 Å². The average molecular weight is 516 g/mol. The summed E-state index contributed by atoms with van der Waals surface area (Å²) in [7, 11) is 0. The minimum absolute atomic E-state index is 0.0215. The van der Waals surface area contributed by atoms with Gasteiger partial charge in [0.05, 0.1) is 17.2 Å². The van der Waals surface area contributed by atoms with Crippen molar-refractivity contribution in [3.8, 4) is 28.7 Å². The van der Waals surface area contributed by atoms with Crippen molar-refractivity contribution >= 4 is 38.8 Å². The van der Waals surface area contributed by atoms with Gasteiger partial charge in [0, 0.05) is 28.4 Å². The Morgan fingerprint density at radius 3 is 2.69 bits per heavy atom. The number of H-pyrrole nitrogens is 1. The van der Waals surface area contributed by atoms with Crippen molar-refractivity contribution in [2.24, 2.45) is 0 Å². The summed E-state index contributed by atoms with van der Waals surface area (Å²) in [4.78, 5) is 21.4. The number of oxazole rings is 1. The molecule has 8 rings (SSSR count). The molecular weight excluding hydrogens is 490 g/mol. The third-order valence-corrected chi connectivity index (χ3v) is 7.72. The molecule has 6 aromatic rings. The number of fused-ring (bicyclic) bond motifs is 11. The molecule has 39 heavy (non-hydrogen) atoms. The molecule has 0 saturated heterocycles. The van der Waals surface area contributed by atoms with Crippen molar-refractivity contribution in [2.75, 3.05) is 0 Å². The van der Waals surface area contributed by atoms with Gasteiger partial charge in [-0.1, -0.05) is 18.2 Å². The molecule has 1 amide bonds. The number of para-hydroxylation sites is 2. The Morgan fingerprint density at radius 1 is 0.949 bits per heavy atom. The molecule has 1 aliphatic heterocycles. The van der Waals surface area contributed by atoms with E-state index in [1.807, 2.05) is 62.4 Å². The van der Waals surface area contributed by atoms with Crippen LogP contribution in [0.1, 0.15) is 40.9 Å². The van der Waals surface area contributed by atoms with E-state index < -0.39 is 0 Å². The Balaban J connectivity index is 1.30. The topological polar surface area (TPSA) is 89.4 Å². The summed E-state index contributed by atoms with van der Waals surface area (Å²) in [6.45, 7) is 4.55. The molecule has 0 spiro atoms. The Labute approximate surface area is 223 Å². The fraction of sp³-hybridized carbons (Fsp3) is 0.188. The first kappa shape index (κ1) is 22.2. The van der Waals surface area contributed by atoms with Crippen LogP contribution in [0, 0.1) is 0 Å². The fourth-order valence-electron chi connectivity index (χ4n) is 6.18. The van der Waals surface area contributed by atoms with Gasteiger partial charge in [-0.25, -0.2) is 0 Å². The lowest BCUT2D eigenvalue weighted by molar-refractivity contribution is 0.0966. The number of nitrogens with one attached hydrogen (secondary N) is 2. The highest BCUT2D eigenvalue weighted by Gasteiger charge is 2.33. The molecule has 2 aliphatic rings. The molecule has 7 heteroatoms. The van der Waals surface area contributed by atoms with Crippen LogP contribution in [0.15, 0.2) is 65.1 Å². The van der Waals surface area contributed by atoms with E-state index in [1.165, 1.54) is 11.1 Å². The molecule has 7 nitrogen and oxygen atoms in total. The number of aromatic amines is 1. The maximum atomic E-state index is 13.3. The highest BCUT2D eigenvalue weighted by Crippen LogP contribution is 2.46. The van der Waals surface area contributed by atoms with Crippen molar-refractivity contribution in [3.63, 3.8) is 0 Å². The van der Waals surface area contributed by atoms with E-state index in [2.05, 4.69) is 27.4 Å². The number of carbonyl (C=O) groups is 1. The van der Waals surface area contributed by atoms with Gasteiger partial charge < -0.3 is 24.2 Å². The Bertz CT molecular complexity index is 1950. The van der Waals surface area contributed by atoms with Crippen LogP contribution in [0.3, 0.4) is 0 Å². The van der Waals surface area contributed by atoms with Gasteiger partial charge in [0.1, 0.15) is 17.0 Å². The number of hydrogen-bond donors (Lipinski definition) is 2. The summed E-state index contributed by atoms with van der Waals surface area (Å²) in [5, 5.41) is 5.17. The van der Waals surface area contributed by atoms with Gasteiger partial charge in [0.15, 0.2) is 5.58 Å². The predicted molar refractivity (Wildman–Crippen MR) is 150 cm³/mol. The first-order chi connectivity index (χ1) is 19.0. The van der Waals surface area contributed by atoms with E-state index >= 15 is 0 Å². The van der Waals surface area contributed by atoms with Crippen LogP contribution in [-0.4, -0.2) is 22.0 Å². The summed E-state index contributed by atoms with van der Waals surface area (Å²) in [6.07, 6.45) is 2.03. The molecule has 2 aromatic heterocycles. The second kappa shape index (κ2) is 8.11. The van der Waals surface area contributed by atoms with E-state index in [9.17, 15) is 4.79 Å². The zero-order valence-electron chi connectivity index (χ0n) is 21.6. The quantitative estimate of drug-likeness (QED) is 0.263. The van der Waals surface area contributed by atoms with Crippen LogP contribution in [-0.2, 0) is 19.4 Å². The number of ether oxygens (including phenoxy) is 2. The number of aromatic nitrogens is 2. The highest BCUT2D eigenvalue weighted by molar-refractivity contribution is 6.19. The lowest BCUT2D eigenvalue weighted by Crippen LogP contribution is -2.15. The fourth-order valence-corrected chi connectivity index (χ4v) is 6.18. The zero-order valence-corrected chi connectivity index (χ0v) is 21.6. The van der Waals surface area contributed by atoms with Gasteiger partial charge in [-0.05, 0) is 91.4 Å². The van der Waals surface area contributed by atoms with Gasteiger partial charge in [-0.3, -0.25) is 4.79 Å². The lowest BCUT2D eigenvalue weighted by atomic mass is 9.80. The summed E-state index contributed by atoms with van der Waals surface area (Å²) in [5.74, 6) is 1.47. The van der Waals surface area contributed by atoms with Crippen molar-refractivity contribution in [1.82, 2.24) is 15.3 Å². The van der Waals surface area contributed by atoms with E-state index in [1.54, 1.807) is 0 Å². The summed E-state index contributed by atoms with van der Waals surface area (Å²) in [6, 6.07) is 19.8. The molecule has 0 radical (unpaired) electrons. The first-order valence-corrected chi connectivity index (χ1v) is 13.3. The molecular formula is C32H25N3O4. The average Bonchev–Trinajstić information content (AvgIpc) is 3.62. The summed E-state index contributed by atoms with van der Waals surface area (Å²) in [5.41, 5.74) is 9.86. The van der Waals surface area contributed by atoms with Crippen LogP contribution in [0.25, 0.3) is 44.0 Å². The van der Waals surface area contributed by atoms with E-state index in [0.29, 0.717) is 17.9 Å². The number of amides is 1. The molecule has 4 aromatic carbocycles. The van der Waals surface area contributed by atoms with E-state index in [-0.39, 0.29) is 18.1 Å². The second-order valence-electron chi connectivity index (χ2n) is 10.5. The molecule has 0 saturated carbocycles. The smallest absolute Gasteiger partial charge is 0.400 e. The number of nitrogens with zero attached hydrogens (tertiary/aromatic N) is 1. The third kappa shape index (κ3) is 3.36. The predicted octanol–water partition coefficient (Wildman–Crippen LogP) is 7.05. The first-order valence-electron chi connectivity index (χ1n) is 13.3. The molecule has 0 fully saturated rings. The van der Waals surface area contributed by atoms with Crippen molar-refractivity contribution in [2.45, 2.75) is 39.3 Å². The van der Waals surface area contributed by atoms with Crippen LogP contribution < -0.4 is 14.8 Å². The third-order valence-electron chi connectivity index (χ3n) is 7.72. The van der Waals surface area contributed by atoms with Crippen LogP contribution in [0.4, 0.5) is 0 Å². The minimum Gasteiger partial charge on any atom is -0.491 e. The molecule has 3 heterocycles. The molecule has 192 valence electrons. The van der Waals surface area contributed by atoms with E-state index in [4.69, 9.17) is 13.9 Å². The second-order valence-corrected chi connectivity index (χ2v) is 10.5. The van der Waals surface area contributed by atoms with Gasteiger partial charge in [-0.15, -0.1) is 0 Å². The van der Waals surface area contributed by atoms with Gasteiger partial charge in [-0.2, -0.15) is 4.98 Å². The monoisotopic (exact) mass is 515 g/mol. The number of aryl methyl sites for hydroxylation is 2. The summed E-state index contributed by atoms with van der Waals surface area (Å²) >= 11 is 0. The number of hydrogen-bond acceptors (Lipinski definition) is 5. The molecule has 0 unspecified atom stereocenters. The van der Waals surface area contributed by atoms with Crippen LogP contribution in [0.2, 0.25) is 0 Å². The Kier molecular flexibility index (Phi) is 4.62. The number of benzene rings is 4. The Hall–Kier alpha value is -4.78. The molecule has 0 bridgehead atoms. The van der Waals surface area contributed by atoms with E-state index in [0.717, 1.165) is 68.2 Å². The molecule has 2 N–H and O–H groups in total. The van der Waals surface area contributed by atoms with Gasteiger partial charge in [0.2, 0.25) is 0 Å². The molecule has 0 atom stereocenters. The SMILES string of the molecule is CC(C)Oc1ccc2c(c1)CCc1c-2c2c(c3c1[nH]c1ccc(Oc4nc5ccccc5o4)cc13)CNC2=O. The van der Waals surface area contributed by atoms with Crippen LogP contribution in [0.5, 0.6) is 17.6 Å². The molecule has 1 aliphatic carbocycles. The zero-order chi connectivity index (χ0) is 26.2. The lowest BCUT2D eigenvalue weighted by Gasteiger charge is -2.24. The van der Waals surface area contributed by atoms with Crippen molar-refractivity contribution < 1.29 is 18.7 Å². The van der Waals surface area contributed by atoms with Crippen molar-refractivity contribution in [1.29, 1.82) is 0 Å². The summed E-state index contributed by atoms with van der Waals surface area (Å²) < 4.78 is 17.8. The highest BCUT2D eigenvalue weighted by atomic mass is 16.6. The largest absolute Gasteiger partial charge is 0.491 e. The Morgan fingerprint density at radius 2 is 1.82 bits per heavy atom. The number of carbonyl (C=O) groups excluding carboxylic acids is 1. The number of rotatable bonds is 4. The van der Waals surface area contributed by atoms with Gasteiger partial charge >= 0.3 is 6.08 Å². The van der Waals surface area contributed by atoms with Crippen LogP contribution >= 0.6 is 0 Å². The maximum Gasteiger partial charge on any atom is 0.400 e.